The molecular formula is C20H27N5O2S. The molecular weight excluding hydrogens is 374 g/mol. The van der Waals surface area contributed by atoms with Gasteiger partial charge in [0.2, 0.25) is 6.79 Å². The van der Waals surface area contributed by atoms with Crippen molar-refractivity contribution in [1.29, 1.82) is 0 Å². The number of fused-ring (bicyclic) bond motifs is 1. The first-order chi connectivity index (χ1) is 13.7. The van der Waals surface area contributed by atoms with Crippen LogP contribution >= 0.6 is 11.3 Å². The van der Waals surface area contributed by atoms with E-state index in [1.54, 1.807) is 11.3 Å². The predicted octanol–water partition coefficient (Wildman–Crippen LogP) is 2.33. The van der Waals surface area contributed by atoms with E-state index in [-0.39, 0.29) is 0 Å². The molecule has 1 saturated heterocycles. The van der Waals surface area contributed by atoms with Gasteiger partial charge >= 0.3 is 0 Å². The third kappa shape index (κ3) is 4.39. The van der Waals surface area contributed by atoms with E-state index in [9.17, 15) is 0 Å². The second kappa shape index (κ2) is 8.79. The molecule has 1 aromatic carbocycles. The van der Waals surface area contributed by atoms with Crippen LogP contribution < -0.4 is 14.8 Å². The van der Waals surface area contributed by atoms with Crippen molar-refractivity contribution in [3.63, 3.8) is 0 Å². The van der Waals surface area contributed by atoms with Crippen LogP contribution in [0.5, 0.6) is 11.5 Å². The Hall–Kier alpha value is -2.32. The highest BCUT2D eigenvalue weighted by Gasteiger charge is 2.21. The zero-order valence-corrected chi connectivity index (χ0v) is 17.3. The van der Waals surface area contributed by atoms with Crippen molar-refractivity contribution in [2.75, 3.05) is 40.0 Å². The summed E-state index contributed by atoms with van der Waals surface area (Å²) < 4.78 is 10.9. The molecule has 0 bridgehead atoms. The first-order valence-electron chi connectivity index (χ1n) is 9.75. The molecule has 28 heavy (non-hydrogen) atoms. The minimum atomic E-state index is 0.324. The van der Waals surface area contributed by atoms with Crippen LogP contribution in [0.4, 0.5) is 0 Å². The third-order valence-electron chi connectivity index (χ3n) is 5.06. The van der Waals surface area contributed by atoms with E-state index in [0.29, 0.717) is 6.79 Å². The van der Waals surface area contributed by atoms with Gasteiger partial charge in [0.15, 0.2) is 17.5 Å². The molecule has 1 N–H and O–H groups in total. The van der Waals surface area contributed by atoms with Crippen LogP contribution in [0.2, 0.25) is 0 Å². The van der Waals surface area contributed by atoms with E-state index in [0.717, 1.165) is 68.8 Å². The average molecular weight is 402 g/mol. The van der Waals surface area contributed by atoms with Gasteiger partial charge < -0.3 is 19.7 Å². The number of hydrogen-bond donors (Lipinski definition) is 1. The molecule has 4 rings (SSSR count). The summed E-state index contributed by atoms with van der Waals surface area (Å²) in [6, 6.07) is 6.22. The van der Waals surface area contributed by atoms with Gasteiger partial charge in [0.25, 0.3) is 0 Å². The fourth-order valence-corrected chi connectivity index (χ4v) is 4.25. The quantitative estimate of drug-likeness (QED) is 0.613. The Bertz CT molecular complexity index is 830. The molecule has 3 heterocycles. The van der Waals surface area contributed by atoms with Gasteiger partial charge in [-0.25, -0.2) is 4.98 Å². The number of rotatable bonds is 5. The SMILES string of the molecule is CCc1nc(CNC(=NC)N2CCN(Cc3ccc4c(c3)OCO4)CC2)cs1. The third-order valence-corrected chi connectivity index (χ3v) is 6.10. The van der Waals surface area contributed by atoms with E-state index in [4.69, 9.17) is 9.47 Å². The van der Waals surface area contributed by atoms with Crippen LogP contribution in [0.3, 0.4) is 0 Å². The lowest BCUT2D eigenvalue weighted by Gasteiger charge is -2.36. The van der Waals surface area contributed by atoms with Crippen molar-refractivity contribution in [3.8, 4) is 11.5 Å². The molecule has 0 unspecified atom stereocenters. The zero-order valence-electron chi connectivity index (χ0n) is 16.5. The lowest BCUT2D eigenvalue weighted by Crippen LogP contribution is -2.52. The lowest BCUT2D eigenvalue weighted by molar-refractivity contribution is 0.171. The molecule has 2 aliphatic rings. The van der Waals surface area contributed by atoms with E-state index in [1.165, 1.54) is 10.6 Å². The molecule has 7 nitrogen and oxygen atoms in total. The highest BCUT2D eigenvalue weighted by atomic mass is 32.1. The summed E-state index contributed by atoms with van der Waals surface area (Å²) in [5.41, 5.74) is 2.35. The Morgan fingerprint density at radius 3 is 2.79 bits per heavy atom. The fourth-order valence-electron chi connectivity index (χ4n) is 3.51. The van der Waals surface area contributed by atoms with Gasteiger partial charge in [0.1, 0.15) is 0 Å². The van der Waals surface area contributed by atoms with Crippen molar-refractivity contribution < 1.29 is 9.47 Å². The molecule has 0 atom stereocenters. The number of aryl methyl sites for hydroxylation is 1. The maximum Gasteiger partial charge on any atom is 0.231 e. The minimum absolute atomic E-state index is 0.324. The lowest BCUT2D eigenvalue weighted by atomic mass is 10.1. The molecule has 0 amide bonds. The van der Waals surface area contributed by atoms with Crippen LogP contribution in [0.1, 0.15) is 23.2 Å². The number of thiazole rings is 1. The van der Waals surface area contributed by atoms with Crippen molar-refractivity contribution in [3.05, 3.63) is 39.8 Å². The van der Waals surface area contributed by atoms with Gasteiger partial charge in [-0.2, -0.15) is 0 Å². The number of aromatic nitrogens is 1. The molecule has 0 radical (unpaired) electrons. The number of ether oxygens (including phenoxy) is 2. The summed E-state index contributed by atoms with van der Waals surface area (Å²) in [5, 5.41) is 6.77. The summed E-state index contributed by atoms with van der Waals surface area (Å²) in [6.07, 6.45) is 0.991. The second-order valence-corrected chi connectivity index (χ2v) is 7.88. The van der Waals surface area contributed by atoms with Gasteiger partial charge in [0, 0.05) is 45.2 Å². The first-order valence-corrected chi connectivity index (χ1v) is 10.6. The smallest absolute Gasteiger partial charge is 0.231 e. The van der Waals surface area contributed by atoms with Gasteiger partial charge in [-0.3, -0.25) is 9.89 Å². The number of nitrogens with zero attached hydrogens (tertiary/aromatic N) is 4. The molecule has 150 valence electrons. The number of guanidine groups is 1. The summed E-state index contributed by atoms with van der Waals surface area (Å²) in [6.45, 7) is 8.04. The van der Waals surface area contributed by atoms with E-state index < -0.39 is 0 Å². The molecule has 2 aromatic rings. The Morgan fingerprint density at radius 1 is 1.21 bits per heavy atom. The molecule has 2 aliphatic heterocycles. The van der Waals surface area contributed by atoms with Crippen LogP contribution in [-0.4, -0.2) is 60.8 Å². The minimum Gasteiger partial charge on any atom is -0.454 e. The van der Waals surface area contributed by atoms with E-state index in [2.05, 4.69) is 49.5 Å². The molecule has 0 aliphatic carbocycles. The number of benzene rings is 1. The number of piperazine rings is 1. The largest absolute Gasteiger partial charge is 0.454 e. The van der Waals surface area contributed by atoms with Crippen molar-refractivity contribution in [2.45, 2.75) is 26.4 Å². The number of hydrogen-bond acceptors (Lipinski definition) is 6. The highest BCUT2D eigenvalue weighted by molar-refractivity contribution is 7.09. The van der Waals surface area contributed by atoms with Crippen molar-refractivity contribution in [2.24, 2.45) is 4.99 Å². The molecule has 1 aromatic heterocycles. The Kier molecular flexibility index (Phi) is 5.97. The Morgan fingerprint density at radius 2 is 2.04 bits per heavy atom. The highest BCUT2D eigenvalue weighted by Crippen LogP contribution is 2.32. The number of nitrogens with one attached hydrogen (secondary N) is 1. The van der Waals surface area contributed by atoms with Gasteiger partial charge in [-0.15, -0.1) is 11.3 Å². The first kappa shape index (κ1) is 19.0. The molecule has 8 heteroatoms. The molecule has 1 fully saturated rings. The Balaban J connectivity index is 1.26. The monoisotopic (exact) mass is 401 g/mol. The van der Waals surface area contributed by atoms with Gasteiger partial charge in [-0.1, -0.05) is 13.0 Å². The second-order valence-electron chi connectivity index (χ2n) is 6.94. The molecule has 0 saturated carbocycles. The zero-order chi connectivity index (χ0) is 19.3. The summed E-state index contributed by atoms with van der Waals surface area (Å²) in [4.78, 5) is 13.9. The normalized spacial score (nSPS) is 17.2. The van der Waals surface area contributed by atoms with Crippen LogP contribution in [0.25, 0.3) is 0 Å². The fraction of sp³-hybridized carbons (Fsp3) is 0.500. The van der Waals surface area contributed by atoms with E-state index >= 15 is 0 Å². The van der Waals surface area contributed by atoms with Crippen molar-refractivity contribution >= 4 is 17.3 Å². The van der Waals surface area contributed by atoms with Gasteiger partial charge in [0.05, 0.1) is 17.2 Å². The summed E-state index contributed by atoms with van der Waals surface area (Å²) >= 11 is 1.72. The standard InChI is InChI=1S/C20H27N5O2S/c1-3-19-23-16(13-28-19)11-22-20(21-2)25-8-6-24(7-9-25)12-15-4-5-17-18(10-15)27-14-26-17/h4-5,10,13H,3,6-9,11-12,14H2,1-2H3,(H,21,22). The predicted molar refractivity (Wildman–Crippen MR) is 111 cm³/mol. The topological polar surface area (TPSA) is 62.2 Å². The van der Waals surface area contributed by atoms with Crippen LogP contribution in [0.15, 0.2) is 28.6 Å². The maximum absolute atomic E-state index is 5.49. The summed E-state index contributed by atoms with van der Waals surface area (Å²) in [7, 11) is 1.85. The van der Waals surface area contributed by atoms with Gasteiger partial charge in [-0.05, 0) is 24.1 Å². The Labute approximate surface area is 170 Å². The summed E-state index contributed by atoms with van der Waals surface area (Å²) in [5.74, 6) is 2.65. The van der Waals surface area contributed by atoms with Crippen LogP contribution in [-0.2, 0) is 19.5 Å². The van der Waals surface area contributed by atoms with Crippen LogP contribution in [0, 0.1) is 0 Å². The average Bonchev–Trinajstić information content (AvgIpc) is 3.38. The molecule has 0 spiro atoms. The number of aliphatic imine (C=N–C) groups is 1. The van der Waals surface area contributed by atoms with E-state index in [1.807, 2.05) is 13.1 Å². The maximum atomic E-state index is 5.49. The van der Waals surface area contributed by atoms with Crippen molar-refractivity contribution in [1.82, 2.24) is 20.1 Å².